The molecule has 0 aliphatic carbocycles. The molecule has 1 heterocycles. The van der Waals surface area contributed by atoms with Crippen molar-refractivity contribution < 1.29 is 9.18 Å². The zero-order valence-electron chi connectivity index (χ0n) is 10.4. The molecule has 0 aliphatic heterocycles. The lowest BCUT2D eigenvalue weighted by atomic mass is 10.1. The van der Waals surface area contributed by atoms with Crippen LogP contribution in [0.4, 0.5) is 4.39 Å². The van der Waals surface area contributed by atoms with E-state index >= 15 is 0 Å². The van der Waals surface area contributed by atoms with Gasteiger partial charge < -0.3 is 4.98 Å². The number of carbonyl (C=O) groups is 1. The molecule has 0 radical (unpaired) electrons. The standard InChI is InChI=1S/C13H11FN2O2S/c1-7-5-12(18)16-13(15-7)19-11-4-3-9(8(2)17)6-10(11)14/h3-6H,1-2H3,(H,15,16,18). The Morgan fingerprint density at radius 3 is 2.68 bits per heavy atom. The number of carbonyl (C=O) groups excluding carboxylic acids is 1. The average molecular weight is 278 g/mol. The van der Waals surface area contributed by atoms with Gasteiger partial charge in [-0.2, -0.15) is 0 Å². The Bertz CT molecular complexity index is 697. The molecule has 1 aromatic heterocycles. The van der Waals surface area contributed by atoms with Crippen LogP contribution in [-0.2, 0) is 0 Å². The van der Waals surface area contributed by atoms with Crippen molar-refractivity contribution in [1.82, 2.24) is 9.97 Å². The van der Waals surface area contributed by atoms with E-state index in [9.17, 15) is 14.0 Å². The number of ketones is 1. The van der Waals surface area contributed by atoms with E-state index in [1.54, 1.807) is 13.0 Å². The van der Waals surface area contributed by atoms with Crippen molar-refractivity contribution in [1.29, 1.82) is 0 Å². The molecule has 4 nitrogen and oxygen atoms in total. The number of aromatic amines is 1. The monoisotopic (exact) mass is 278 g/mol. The maximum absolute atomic E-state index is 13.8. The highest BCUT2D eigenvalue weighted by atomic mass is 32.2. The molecule has 2 aromatic rings. The van der Waals surface area contributed by atoms with Crippen LogP contribution in [-0.4, -0.2) is 15.8 Å². The number of nitrogens with zero attached hydrogens (tertiary/aromatic N) is 1. The van der Waals surface area contributed by atoms with Crippen molar-refractivity contribution in [3.05, 3.63) is 51.7 Å². The second kappa shape index (κ2) is 5.36. The molecule has 19 heavy (non-hydrogen) atoms. The number of H-pyrrole nitrogens is 1. The third-order valence-electron chi connectivity index (χ3n) is 2.39. The second-order valence-electron chi connectivity index (χ2n) is 4.00. The number of hydrogen-bond acceptors (Lipinski definition) is 4. The van der Waals surface area contributed by atoms with Crippen LogP contribution in [0.15, 0.2) is 39.1 Å². The second-order valence-corrected chi connectivity index (χ2v) is 5.03. The highest BCUT2D eigenvalue weighted by Crippen LogP contribution is 2.27. The number of hydrogen-bond donors (Lipinski definition) is 1. The molecule has 2 rings (SSSR count). The molecule has 0 bridgehead atoms. The summed E-state index contributed by atoms with van der Waals surface area (Å²) in [6.45, 7) is 3.07. The summed E-state index contributed by atoms with van der Waals surface area (Å²) in [6, 6.07) is 5.58. The third-order valence-corrected chi connectivity index (χ3v) is 3.33. The van der Waals surface area contributed by atoms with Gasteiger partial charge in [0.05, 0.1) is 4.90 Å². The van der Waals surface area contributed by atoms with Crippen LogP contribution in [0.5, 0.6) is 0 Å². The first-order valence-electron chi connectivity index (χ1n) is 5.52. The minimum absolute atomic E-state index is 0.197. The maximum Gasteiger partial charge on any atom is 0.251 e. The molecule has 0 amide bonds. The van der Waals surface area contributed by atoms with Crippen molar-refractivity contribution in [2.45, 2.75) is 23.9 Å². The predicted molar refractivity (Wildman–Crippen MR) is 70.1 cm³/mol. The van der Waals surface area contributed by atoms with Crippen molar-refractivity contribution in [3.8, 4) is 0 Å². The Balaban J connectivity index is 2.33. The van der Waals surface area contributed by atoms with E-state index in [2.05, 4.69) is 9.97 Å². The van der Waals surface area contributed by atoms with Crippen LogP contribution < -0.4 is 5.56 Å². The lowest BCUT2D eigenvalue weighted by Gasteiger charge is -2.04. The zero-order chi connectivity index (χ0) is 14.0. The smallest absolute Gasteiger partial charge is 0.251 e. The van der Waals surface area contributed by atoms with Gasteiger partial charge in [0.15, 0.2) is 10.9 Å². The lowest BCUT2D eigenvalue weighted by Crippen LogP contribution is -2.08. The van der Waals surface area contributed by atoms with E-state index < -0.39 is 5.82 Å². The third kappa shape index (κ3) is 3.29. The highest BCUT2D eigenvalue weighted by Gasteiger charge is 2.09. The van der Waals surface area contributed by atoms with E-state index in [4.69, 9.17) is 0 Å². The van der Waals surface area contributed by atoms with Crippen LogP contribution in [0, 0.1) is 12.7 Å². The summed E-state index contributed by atoms with van der Waals surface area (Å²) >= 11 is 1.01. The first-order chi connectivity index (χ1) is 8.95. The largest absolute Gasteiger partial charge is 0.301 e. The normalized spacial score (nSPS) is 10.5. The molecule has 0 fully saturated rings. The van der Waals surface area contributed by atoms with Gasteiger partial charge in [-0.3, -0.25) is 9.59 Å². The van der Waals surface area contributed by atoms with Crippen molar-refractivity contribution >= 4 is 17.5 Å². The molecule has 6 heteroatoms. The van der Waals surface area contributed by atoms with Crippen LogP contribution in [0.2, 0.25) is 0 Å². The molecular formula is C13H11FN2O2S. The van der Waals surface area contributed by atoms with E-state index in [1.165, 1.54) is 25.1 Å². The topological polar surface area (TPSA) is 62.8 Å². The fourth-order valence-electron chi connectivity index (χ4n) is 1.51. The summed E-state index contributed by atoms with van der Waals surface area (Å²) in [5, 5.41) is 0.319. The summed E-state index contributed by atoms with van der Waals surface area (Å²) in [7, 11) is 0. The zero-order valence-corrected chi connectivity index (χ0v) is 11.2. The summed E-state index contributed by atoms with van der Waals surface area (Å²) in [5.41, 5.74) is 0.593. The molecule has 0 spiro atoms. The molecule has 0 atom stereocenters. The Labute approximate surface area is 113 Å². The molecule has 0 unspecified atom stereocenters. The summed E-state index contributed by atoms with van der Waals surface area (Å²) in [5.74, 6) is -0.709. The fourth-order valence-corrected chi connectivity index (χ4v) is 2.35. The van der Waals surface area contributed by atoms with Crippen LogP contribution in [0.3, 0.4) is 0 Å². The summed E-state index contributed by atoms with van der Waals surface area (Å²) in [6.07, 6.45) is 0. The quantitative estimate of drug-likeness (QED) is 0.692. The number of rotatable bonds is 3. The first kappa shape index (κ1) is 13.5. The van der Waals surface area contributed by atoms with Gasteiger partial charge in [-0.25, -0.2) is 9.37 Å². The number of nitrogens with one attached hydrogen (secondary N) is 1. The average Bonchev–Trinajstić information content (AvgIpc) is 2.30. The Kier molecular flexibility index (Phi) is 3.80. The van der Waals surface area contributed by atoms with Gasteiger partial charge in [0.1, 0.15) is 5.82 Å². The van der Waals surface area contributed by atoms with Crippen molar-refractivity contribution in [3.63, 3.8) is 0 Å². The number of Topliss-reactive ketones (excluding diaryl/α,β-unsaturated/α-hetero) is 1. The van der Waals surface area contributed by atoms with Gasteiger partial charge in [-0.05, 0) is 37.7 Å². The molecule has 98 valence electrons. The predicted octanol–water partition coefficient (Wildman–Crippen LogP) is 2.57. The summed E-state index contributed by atoms with van der Waals surface area (Å²) < 4.78 is 13.8. The maximum atomic E-state index is 13.8. The molecule has 1 N–H and O–H groups in total. The molecular weight excluding hydrogens is 267 g/mol. The van der Waals surface area contributed by atoms with Crippen molar-refractivity contribution in [2.75, 3.05) is 0 Å². The fraction of sp³-hybridized carbons (Fsp3) is 0.154. The molecule has 0 saturated carbocycles. The van der Waals surface area contributed by atoms with Crippen LogP contribution in [0.25, 0.3) is 0 Å². The van der Waals surface area contributed by atoms with E-state index in [1.807, 2.05) is 0 Å². The van der Waals surface area contributed by atoms with E-state index in [-0.39, 0.29) is 11.3 Å². The number of aryl methyl sites for hydroxylation is 1. The minimum atomic E-state index is -0.512. The first-order valence-corrected chi connectivity index (χ1v) is 6.33. The highest BCUT2D eigenvalue weighted by molar-refractivity contribution is 7.99. The van der Waals surface area contributed by atoms with Crippen LogP contribution >= 0.6 is 11.8 Å². The van der Waals surface area contributed by atoms with Gasteiger partial charge in [0, 0.05) is 17.3 Å². The molecule has 0 saturated heterocycles. The number of benzene rings is 1. The van der Waals surface area contributed by atoms with E-state index in [0.29, 0.717) is 21.3 Å². The number of aromatic nitrogens is 2. The number of halogens is 1. The molecule has 1 aromatic carbocycles. The van der Waals surface area contributed by atoms with Gasteiger partial charge in [0.25, 0.3) is 5.56 Å². The Hall–Kier alpha value is -1.95. The molecule has 0 aliphatic rings. The minimum Gasteiger partial charge on any atom is -0.301 e. The van der Waals surface area contributed by atoms with Crippen LogP contribution in [0.1, 0.15) is 23.0 Å². The van der Waals surface area contributed by atoms with Gasteiger partial charge in [0.2, 0.25) is 0 Å². The van der Waals surface area contributed by atoms with Crippen molar-refractivity contribution in [2.24, 2.45) is 0 Å². The SMILES string of the molecule is CC(=O)c1ccc(Sc2nc(C)cc(=O)[nH]2)c(F)c1. The lowest BCUT2D eigenvalue weighted by molar-refractivity contribution is 0.101. The van der Waals surface area contributed by atoms with Gasteiger partial charge >= 0.3 is 0 Å². The Morgan fingerprint density at radius 2 is 2.11 bits per heavy atom. The van der Waals surface area contributed by atoms with Gasteiger partial charge in [-0.1, -0.05) is 6.07 Å². The summed E-state index contributed by atoms with van der Waals surface area (Å²) in [4.78, 5) is 29.3. The van der Waals surface area contributed by atoms with Gasteiger partial charge in [-0.15, -0.1) is 0 Å². The van der Waals surface area contributed by atoms with E-state index in [0.717, 1.165) is 11.8 Å². The Morgan fingerprint density at radius 1 is 1.37 bits per heavy atom.